The second-order valence-electron chi connectivity index (χ2n) is 4.73. The van der Waals surface area contributed by atoms with Gasteiger partial charge in [-0.15, -0.1) is 10.2 Å². The fourth-order valence-electron chi connectivity index (χ4n) is 2.48. The zero-order chi connectivity index (χ0) is 12.1. The average Bonchev–Trinajstić information content (AvgIpc) is 2.74. The third-order valence-corrected chi connectivity index (χ3v) is 3.38. The van der Waals surface area contributed by atoms with Gasteiger partial charge >= 0.3 is 0 Å². The minimum atomic E-state index is 0.656. The largest absolute Gasteiger partial charge is 0.424 e. The van der Waals surface area contributed by atoms with E-state index < -0.39 is 0 Å². The van der Waals surface area contributed by atoms with Gasteiger partial charge in [-0.05, 0) is 39.4 Å². The van der Waals surface area contributed by atoms with Crippen LogP contribution >= 0.6 is 0 Å². The van der Waals surface area contributed by atoms with Gasteiger partial charge in [-0.3, -0.25) is 4.90 Å². The lowest BCUT2D eigenvalue weighted by Gasteiger charge is -2.34. The minimum absolute atomic E-state index is 0.656. The molecule has 96 valence electrons. The molecule has 0 amide bonds. The molecular formula is C12H22N4O. The molecule has 1 unspecified atom stereocenters. The molecule has 17 heavy (non-hydrogen) atoms. The van der Waals surface area contributed by atoms with E-state index in [0.717, 1.165) is 25.5 Å². The van der Waals surface area contributed by atoms with E-state index in [1.54, 1.807) is 0 Å². The van der Waals surface area contributed by atoms with Crippen molar-refractivity contribution in [2.75, 3.05) is 20.1 Å². The van der Waals surface area contributed by atoms with Crippen molar-refractivity contribution in [2.24, 2.45) is 0 Å². The number of likely N-dealkylation sites (tertiary alicyclic amines) is 1. The number of hydrogen-bond donors (Lipinski definition) is 1. The highest BCUT2D eigenvalue weighted by atomic mass is 16.4. The monoisotopic (exact) mass is 238 g/mol. The molecule has 1 aliphatic heterocycles. The van der Waals surface area contributed by atoms with Crippen LogP contribution in [0.4, 0.5) is 0 Å². The second kappa shape index (κ2) is 6.12. The van der Waals surface area contributed by atoms with E-state index in [2.05, 4.69) is 20.4 Å². The summed E-state index contributed by atoms with van der Waals surface area (Å²) in [5.41, 5.74) is 0. The van der Waals surface area contributed by atoms with Gasteiger partial charge in [-0.1, -0.05) is 6.42 Å². The normalized spacial score (nSPS) is 21.9. The van der Waals surface area contributed by atoms with E-state index >= 15 is 0 Å². The third kappa shape index (κ3) is 3.51. The van der Waals surface area contributed by atoms with Gasteiger partial charge in [-0.2, -0.15) is 0 Å². The summed E-state index contributed by atoms with van der Waals surface area (Å²) in [4.78, 5) is 2.48. The molecule has 1 aromatic rings. The SMILES string of the molecule is CNCCC1CCCCN1Cc1nnc(C)o1. The zero-order valence-corrected chi connectivity index (χ0v) is 10.8. The molecule has 2 rings (SSSR count). The molecule has 1 aliphatic rings. The number of rotatable bonds is 5. The van der Waals surface area contributed by atoms with Crippen LogP contribution in [-0.4, -0.2) is 41.3 Å². The number of nitrogens with zero attached hydrogens (tertiary/aromatic N) is 3. The maximum Gasteiger partial charge on any atom is 0.230 e. The topological polar surface area (TPSA) is 54.2 Å². The summed E-state index contributed by atoms with van der Waals surface area (Å²) in [5, 5.41) is 11.2. The molecule has 1 N–H and O–H groups in total. The summed E-state index contributed by atoms with van der Waals surface area (Å²) in [6.45, 7) is 4.86. The van der Waals surface area contributed by atoms with Crippen molar-refractivity contribution in [3.63, 3.8) is 0 Å². The Morgan fingerprint density at radius 2 is 2.29 bits per heavy atom. The predicted octanol–water partition coefficient (Wildman–Crippen LogP) is 1.34. The van der Waals surface area contributed by atoms with E-state index in [9.17, 15) is 0 Å². The Labute approximate surface area is 103 Å². The van der Waals surface area contributed by atoms with Crippen LogP contribution in [0.2, 0.25) is 0 Å². The molecule has 2 heterocycles. The van der Waals surface area contributed by atoms with E-state index in [0.29, 0.717) is 11.9 Å². The molecule has 1 fully saturated rings. The molecular weight excluding hydrogens is 216 g/mol. The quantitative estimate of drug-likeness (QED) is 0.839. The molecule has 0 bridgehead atoms. The lowest BCUT2D eigenvalue weighted by atomic mass is 9.99. The summed E-state index contributed by atoms with van der Waals surface area (Å²) >= 11 is 0. The maximum absolute atomic E-state index is 5.46. The van der Waals surface area contributed by atoms with Gasteiger partial charge in [0.1, 0.15) is 0 Å². The maximum atomic E-state index is 5.46. The first kappa shape index (κ1) is 12.5. The Balaban J connectivity index is 1.91. The molecule has 0 saturated carbocycles. The smallest absolute Gasteiger partial charge is 0.230 e. The van der Waals surface area contributed by atoms with Crippen LogP contribution in [-0.2, 0) is 6.54 Å². The average molecular weight is 238 g/mol. The lowest BCUT2D eigenvalue weighted by Crippen LogP contribution is -2.40. The van der Waals surface area contributed by atoms with Crippen LogP contribution < -0.4 is 5.32 Å². The Hall–Kier alpha value is -0.940. The predicted molar refractivity (Wildman–Crippen MR) is 65.6 cm³/mol. The van der Waals surface area contributed by atoms with E-state index in [-0.39, 0.29) is 0 Å². The highest BCUT2D eigenvalue weighted by Crippen LogP contribution is 2.21. The Morgan fingerprint density at radius 1 is 1.41 bits per heavy atom. The zero-order valence-electron chi connectivity index (χ0n) is 10.8. The number of aryl methyl sites for hydroxylation is 1. The van der Waals surface area contributed by atoms with Crippen molar-refractivity contribution in [3.05, 3.63) is 11.8 Å². The number of nitrogens with one attached hydrogen (secondary N) is 1. The summed E-state index contributed by atoms with van der Waals surface area (Å²) in [7, 11) is 2.01. The van der Waals surface area contributed by atoms with Crippen LogP contribution in [0.1, 0.15) is 37.5 Å². The summed E-state index contributed by atoms with van der Waals surface area (Å²) in [6, 6.07) is 0.656. The molecule has 0 aliphatic carbocycles. The third-order valence-electron chi connectivity index (χ3n) is 3.38. The summed E-state index contributed by atoms with van der Waals surface area (Å²) in [6.07, 6.45) is 5.11. The van der Waals surface area contributed by atoms with Crippen molar-refractivity contribution in [2.45, 2.75) is 45.2 Å². The van der Waals surface area contributed by atoms with Crippen LogP contribution in [0.15, 0.2) is 4.42 Å². The Morgan fingerprint density at radius 3 is 3.00 bits per heavy atom. The first-order valence-electron chi connectivity index (χ1n) is 6.47. The van der Waals surface area contributed by atoms with E-state index in [1.165, 1.54) is 25.7 Å². The van der Waals surface area contributed by atoms with Gasteiger partial charge in [0.05, 0.1) is 6.54 Å². The first-order chi connectivity index (χ1) is 8.29. The second-order valence-corrected chi connectivity index (χ2v) is 4.73. The summed E-state index contributed by atoms with van der Waals surface area (Å²) in [5.74, 6) is 1.41. The van der Waals surface area contributed by atoms with E-state index in [1.807, 2.05) is 14.0 Å². The molecule has 0 aromatic carbocycles. The van der Waals surface area contributed by atoms with Crippen molar-refractivity contribution in [1.82, 2.24) is 20.4 Å². The fraction of sp³-hybridized carbons (Fsp3) is 0.833. The number of aromatic nitrogens is 2. The van der Waals surface area contributed by atoms with E-state index in [4.69, 9.17) is 4.42 Å². The lowest BCUT2D eigenvalue weighted by molar-refractivity contribution is 0.120. The van der Waals surface area contributed by atoms with Gasteiger partial charge in [0.25, 0.3) is 0 Å². The Kier molecular flexibility index (Phi) is 4.50. The summed E-state index contributed by atoms with van der Waals surface area (Å²) < 4.78 is 5.46. The van der Waals surface area contributed by atoms with Gasteiger partial charge < -0.3 is 9.73 Å². The van der Waals surface area contributed by atoms with Crippen molar-refractivity contribution in [3.8, 4) is 0 Å². The van der Waals surface area contributed by atoms with Gasteiger partial charge in [0.15, 0.2) is 0 Å². The van der Waals surface area contributed by atoms with Crippen LogP contribution in [0.25, 0.3) is 0 Å². The Bertz CT molecular complexity index is 339. The van der Waals surface area contributed by atoms with Gasteiger partial charge in [-0.25, -0.2) is 0 Å². The molecule has 0 radical (unpaired) electrons. The highest BCUT2D eigenvalue weighted by Gasteiger charge is 2.23. The fourth-order valence-corrected chi connectivity index (χ4v) is 2.48. The number of piperidine rings is 1. The molecule has 1 saturated heterocycles. The molecule has 0 spiro atoms. The van der Waals surface area contributed by atoms with Crippen LogP contribution in [0.3, 0.4) is 0 Å². The highest BCUT2D eigenvalue weighted by molar-refractivity contribution is 4.84. The van der Waals surface area contributed by atoms with Crippen molar-refractivity contribution in [1.29, 1.82) is 0 Å². The molecule has 5 nitrogen and oxygen atoms in total. The minimum Gasteiger partial charge on any atom is -0.424 e. The van der Waals surface area contributed by atoms with Crippen LogP contribution in [0.5, 0.6) is 0 Å². The molecule has 1 atom stereocenters. The van der Waals surface area contributed by atoms with Gasteiger partial charge in [0.2, 0.25) is 11.8 Å². The van der Waals surface area contributed by atoms with Crippen LogP contribution in [0, 0.1) is 6.92 Å². The van der Waals surface area contributed by atoms with Gasteiger partial charge in [0, 0.05) is 13.0 Å². The number of hydrogen-bond acceptors (Lipinski definition) is 5. The van der Waals surface area contributed by atoms with Crippen molar-refractivity contribution >= 4 is 0 Å². The molecule has 5 heteroatoms. The van der Waals surface area contributed by atoms with Crippen molar-refractivity contribution < 1.29 is 4.42 Å². The standard InChI is InChI=1S/C12H22N4O/c1-10-14-15-12(17-10)9-16-8-4-3-5-11(16)6-7-13-2/h11,13H,3-9H2,1-2H3. The molecule has 1 aromatic heterocycles. The first-order valence-corrected chi connectivity index (χ1v) is 6.47.